The number of rotatable bonds is 10. The Morgan fingerprint density at radius 1 is 0.362 bits per heavy atom. The first-order valence-electron chi connectivity index (χ1n) is 24.8. The maximum atomic E-state index is 10.9. The summed E-state index contributed by atoms with van der Waals surface area (Å²) in [5, 5.41) is 39.6. The van der Waals surface area contributed by atoms with E-state index in [4.69, 9.17) is 15.3 Å². The zero-order valence-corrected chi connectivity index (χ0v) is 47.8. The van der Waals surface area contributed by atoms with E-state index in [1.54, 1.807) is 17.3 Å². The molecule has 0 spiro atoms. The topological polar surface area (TPSA) is 149 Å². The van der Waals surface area contributed by atoms with Gasteiger partial charge in [-0.3, -0.25) is 10.1 Å². The molecule has 13 rings (SSSR count). The molecule has 3 heterocycles. The number of non-ortho nitro benzene ring substituents is 1. The van der Waals surface area contributed by atoms with Gasteiger partial charge in [-0.05, 0) is 143 Å². The Labute approximate surface area is 499 Å². The highest BCUT2D eigenvalue weighted by molar-refractivity contribution is 14.1. The summed E-state index contributed by atoms with van der Waals surface area (Å²) in [6.45, 7) is 0. The molecule has 0 aliphatic carbocycles. The van der Waals surface area contributed by atoms with E-state index in [-0.39, 0.29) is 47.5 Å². The Balaban J connectivity index is 0.000000155. The molecule has 3 aliphatic heterocycles. The third-order valence-corrected chi connectivity index (χ3v) is 13.3. The number of benzene rings is 10. The Bertz CT molecular complexity index is 3690. The average molecular weight is 1280 g/mol. The standard InChI is InChI=1S/C23H18N4.C19H14IN5O2.C19H16N4.BrH.2ClH/c1-3-11-19(12-4-1)23-24-26(20-14-5-2-6-15-20)27(25-23)22-17-9-13-18-10-7-8-16-21(18)22;20-15-6-8-16(9-7-15)23-21-19(14-4-2-1-3-5-14)22-24(23)17-10-12-18(13-11-17)25(26)27;1-4-10-16(11-5-1)19-20-22(17-12-6-2-7-13-17)23(21-19)18-14-8-3-9-15-18;;;/h1-17H,(H,24,25);1-13H,(H,21,22);1-15H,(H,20,21);3*1H. The van der Waals surface area contributed by atoms with E-state index in [0.717, 1.165) is 71.9 Å². The SMILES string of the molecule is O=[N+]([O-])c1ccc(N2N=C(c3ccccc3)[NH2+]N2c2ccc(I)cc2)cc1.[Br-].[Cl-].[Cl-].c1ccc(C2=NN(c3cccc4ccccc34)N(c3ccccc3)[NH2+]2)cc1.c1ccc(C2=NN(c3ccccc3)N(c3ccccc3)[NH2+]2)cc1. The van der Waals surface area contributed by atoms with Gasteiger partial charge in [0.15, 0.2) is 0 Å². The number of hydrazone groups is 3. The first kappa shape index (κ1) is 57.5. The average Bonchev–Trinajstić information content (AvgIpc) is 4.29. The molecule has 10 aromatic rings. The fourth-order valence-electron chi connectivity index (χ4n) is 8.76. The molecular weight excluding hydrogens is 1220 g/mol. The van der Waals surface area contributed by atoms with Gasteiger partial charge in [-0.15, -0.1) is 30.7 Å². The van der Waals surface area contributed by atoms with Crippen molar-refractivity contribution in [3.05, 3.63) is 303 Å². The Hall–Kier alpha value is -8.66. The van der Waals surface area contributed by atoms with Gasteiger partial charge in [-0.25, -0.2) is 0 Å². The molecule has 0 amide bonds. The van der Waals surface area contributed by atoms with Crippen LogP contribution in [0.15, 0.2) is 288 Å². The number of nitro groups is 1. The number of amidine groups is 3. The van der Waals surface area contributed by atoms with Crippen LogP contribution in [0.4, 0.5) is 39.8 Å². The molecule has 0 saturated heterocycles. The van der Waals surface area contributed by atoms with Crippen LogP contribution in [0.2, 0.25) is 0 Å². The number of nitro benzene ring substituents is 1. The second kappa shape index (κ2) is 27.3. The summed E-state index contributed by atoms with van der Waals surface area (Å²) in [5.74, 6) is 2.69. The summed E-state index contributed by atoms with van der Waals surface area (Å²) >= 11 is 2.26. The first-order chi connectivity index (χ1) is 37.9. The number of hydrogen-bond acceptors (Lipinski definition) is 11. The Morgan fingerprint density at radius 3 is 1.12 bits per heavy atom. The summed E-state index contributed by atoms with van der Waals surface area (Å²) < 4.78 is 1.14. The molecule has 0 atom stereocenters. The van der Waals surface area contributed by atoms with Gasteiger partial charge >= 0.3 is 0 Å². The number of fused-ring (bicyclic) bond motifs is 1. The molecule has 0 radical (unpaired) electrons. The van der Waals surface area contributed by atoms with Crippen LogP contribution in [0.5, 0.6) is 0 Å². The predicted octanol–water partition coefficient (Wildman–Crippen LogP) is 0.983. The molecule has 3 aliphatic rings. The van der Waals surface area contributed by atoms with E-state index < -0.39 is 4.92 Å². The molecule has 19 heteroatoms. The van der Waals surface area contributed by atoms with E-state index in [1.807, 2.05) is 166 Å². The summed E-state index contributed by atoms with van der Waals surface area (Å²) in [6.07, 6.45) is 0. The second-order valence-electron chi connectivity index (χ2n) is 17.6. The van der Waals surface area contributed by atoms with Gasteiger partial charge in [0, 0.05) is 21.1 Å². The van der Waals surface area contributed by atoms with Gasteiger partial charge in [-0.1, -0.05) is 161 Å². The molecule has 0 fully saturated rings. The molecule has 0 aromatic heterocycles. The number of hydrogen-bond donors (Lipinski definition) is 3. The van der Waals surface area contributed by atoms with Crippen molar-refractivity contribution in [2.24, 2.45) is 15.3 Å². The minimum atomic E-state index is -0.407. The highest BCUT2D eigenvalue weighted by Crippen LogP contribution is 2.31. The summed E-state index contributed by atoms with van der Waals surface area (Å²) in [4.78, 5) is 10.5. The smallest absolute Gasteiger partial charge is 0.277 e. The highest BCUT2D eigenvalue weighted by atomic mass is 127. The van der Waals surface area contributed by atoms with Crippen molar-refractivity contribution < 1.29 is 63.0 Å². The van der Waals surface area contributed by atoms with Crippen molar-refractivity contribution in [2.75, 3.05) is 30.7 Å². The van der Waals surface area contributed by atoms with Crippen LogP contribution in [-0.4, -0.2) is 22.4 Å². The van der Waals surface area contributed by atoms with Gasteiger partial charge in [0.05, 0.1) is 38.7 Å². The number of nitrogens with zero attached hydrogens (tertiary/aromatic N) is 10. The quantitative estimate of drug-likeness (QED) is 0.0796. The first-order valence-corrected chi connectivity index (χ1v) is 25.9. The van der Waals surface area contributed by atoms with E-state index in [9.17, 15) is 10.1 Å². The molecule has 10 aromatic carbocycles. The molecule has 400 valence electrons. The summed E-state index contributed by atoms with van der Waals surface area (Å²) in [5.41, 5.74) is 15.3. The third kappa shape index (κ3) is 13.2. The summed E-state index contributed by atoms with van der Waals surface area (Å²) in [7, 11) is 0. The zero-order chi connectivity index (χ0) is 52.3. The molecule has 0 saturated carbocycles. The number of nitrogens with two attached hydrogens (primary N) is 3. The lowest BCUT2D eigenvalue weighted by Crippen LogP contribution is -3.00. The lowest BCUT2D eigenvalue weighted by Gasteiger charge is -2.24. The van der Waals surface area contributed by atoms with Crippen LogP contribution < -0.4 is 88.8 Å². The second-order valence-corrected chi connectivity index (χ2v) is 18.8. The number of hydrazine groups is 3. The monoisotopic (exact) mass is 1270 g/mol. The van der Waals surface area contributed by atoms with E-state index >= 15 is 0 Å². The maximum Gasteiger partial charge on any atom is 0.277 e. The number of para-hydroxylation sites is 3. The van der Waals surface area contributed by atoms with Gasteiger partial charge in [0.25, 0.3) is 23.2 Å². The third-order valence-electron chi connectivity index (χ3n) is 12.6. The normalized spacial score (nSPS) is 13.3. The Kier molecular flexibility index (Phi) is 19.6. The van der Waals surface area contributed by atoms with Crippen molar-refractivity contribution in [1.82, 2.24) is 0 Å². The fourth-order valence-corrected chi connectivity index (χ4v) is 9.12. The van der Waals surface area contributed by atoms with Crippen LogP contribution in [0, 0.1) is 13.7 Å². The zero-order valence-electron chi connectivity index (χ0n) is 42.5. The van der Waals surface area contributed by atoms with Crippen molar-refractivity contribution in [3.8, 4) is 0 Å². The fraction of sp³-hybridized carbons (Fsp3) is 0. The van der Waals surface area contributed by atoms with Gasteiger partial charge in [0.1, 0.15) is 17.1 Å². The van der Waals surface area contributed by atoms with Crippen molar-refractivity contribution >= 4 is 90.7 Å². The van der Waals surface area contributed by atoms with Gasteiger partial charge in [0.2, 0.25) is 0 Å². The largest absolute Gasteiger partial charge is 1.00 e. The minimum absolute atomic E-state index is 0. The number of anilines is 6. The molecule has 0 bridgehead atoms. The van der Waals surface area contributed by atoms with Crippen LogP contribution in [-0.2, 0) is 0 Å². The van der Waals surface area contributed by atoms with E-state index in [0.29, 0.717) is 0 Å². The maximum absolute atomic E-state index is 10.9. The van der Waals surface area contributed by atoms with Crippen LogP contribution in [0.3, 0.4) is 0 Å². The molecule has 0 unspecified atom stereocenters. The van der Waals surface area contributed by atoms with E-state index in [2.05, 4.69) is 147 Å². The van der Waals surface area contributed by atoms with Gasteiger partial charge < -0.3 is 41.8 Å². The lowest BCUT2D eigenvalue weighted by molar-refractivity contribution is -0.545. The van der Waals surface area contributed by atoms with Crippen molar-refractivity contribution in [2.45, 2.75) is 0 Å². The Morgan fingerprint density at radius 2 is 0.688 bits per heavy atom. The van der Waals surface area contributed by atoms with E-state index in [1.165, 1.54) is 22.9 Å². The molecule has 6 N–H and O–H groups in total. The van der Waals surface area contributed by atoms with Crippen LogP contribution >= 0.6 is 22.6 Å². The number of halogens is 4. The molecule has 80 heavy (non-hydrogen) atoms. The van der Waals surface area contributed by atoms with Crippen molar-refractivity contribution in [1.29, 1.82) is 0 Å². The lowest BCUT2D eigenvalue weighted by atomic mass is 10.1. The minimum Gasteiger partial charge on any atom is -1.00 e. The van der Waals surface area contributed by atoms with Crippen LogP contribution in [0.1, 0.15) is 16.7 Å². The molecule has 15 nitrogen and oxygen atoms in total. The van der Waals surface area contributed by atoms with Crippen LogP contribution in [0.25, 0.3) is 10.8 Å². The predicted molar refractivity (Wildman–Crippen MR) is 315 cm³/mol. The van der Waals surface area contributed by atoms with Crippen molar-refractivity contribution in [3.63, 3.8) is 0 Å². The molecular formula is C61H51BrCl2IN13O2. The summed E-state index contributed by atoms with van der Waals surface area (Å²) in [6, 6.07) is 90.3. The van der Waals surface area contributed by atoms with Gasteiger partial charge in [-0.2, -0.15) is 16.3 Å². The number of quaternary nitrogens is 3. The highest BCUT2D eigenvalue weighted by Gasteiger charge is 2.34.